The van der Waals surface area contributed by atoms with E-state index in [1.807, 2.05) is 24.3 Å². The summed E-state index contributed by atoms with van der Waals surface area (Å²) in [5.41, 5.74) is 8.09. The van der Waals surface area contributed by atoms with Gasteiger partial charge in [0.25, 0.3) is 0 Å². The van der Waals surface area contributed by atoms with Crippen molar-refractivity contribution in [2.75, 3.05) is 0 Å². The van der Waals surface area contributed by atoms with Gasteiger partial charge in [-0.05, 0) is 17.7 Å². The van der Waals surface area contributed by atoms with Crippen molar-refractivity contribution < 1.29 is 5.11 Å². The summed E-state index contributed by atoms with van der Waals surface area (Å²) in [6, 6.07) is 7.67. The van der Waals surface area contributed by atoms with Gasteiger partial charge in [-0.2, -0.15) is 0 Å². The topological polar surface area (TPSA) is 77.0 Å². The van der Waals surface area contributed by atoms with Crippen molar-refractivity contribution in [1.82, 2.24) is 15.0 Å². The molecule has 5 nitrogen and oxygen atoms in total. The maximum absolute atomic E-state index is 9.07. The van der Waals surface area contributed by atoms with Crippen LogP contribution in [0.3, 0.4) is 0 Å². The fraction of sp³-hybridized carbons (Fsp3) is 0.200. The predicted octanol–water partition coefficient (Wildman–Crippen LogP) is 0.218. The van der Waals surface area contributed by atoms with Gasteiger partial charge in [-0.1, -0.05) is 17.3 Å². The van der Waals surface area contributed by atoms with Gasteiger partial charge in [0.2, 0.25) is 0 Å². The van der Waals surface area contributed by atoms with Crippen molar-refractivity contribution in [3.8, 4) is 5.69 Å². The minimum Gasteiger partial charge on any atom is -0.390 e. The first-order valence-corrected chi connectivity index (χ1v) is 4.65. The summed E-state index contributed by atoms with van der Waals surface area (Å²) in [5, 5.41) is 16.7. The molecule has 0 saturated carbocycles. The van der Waals surface area contributed by atoms with Crippen LogP contribution in [0.4, 0.5) is 0 Å². The summed E-state index contributed by atoms with van der Waals surface area (Å²) in [6.45, 7) is 0.400. The molecule has 0 aliphatic heterocycles. The van der Waals surface area contributed by atoms with Crippen LogP contribution in [0.1, 0.15) is 11.3 Å². The lowest BCUT2D eigenvalue weighted by Crippen LogP contribution is -2.04. The van der Waals surface area contributed by atoms with Gasteiger partial charge < -0.3 is 10.8 Å². The van der Waals surface area contributed by atoms with E-state index < -0.39 is 0 Å². The molecular formula is C10H12N4O. The molecule has 0 radical (unpaired) electrons. The van der Waals surface area contributed by atoms with Gasteiger partial charge in [-0.15, -0.1) is 5.10 Å². The molecule has 0 aliphatic rings. The van der Waals surface area contributed by atoms with E-state index in [1.165, 1.54) is 6.20 Å². The highest BCUT2D eigenvalue weighted by Crippen LogP contribution is 2.11. The molecule has 0 atom stereocenters. The van der Waals surface area contributed by atoms with Gasteiger partial charge in [-0.25, -0.2) is 4.68 Å². The number of rotatable bonds is 3. The van der Waals surface area contributed by atoms with Crippen LogP contribution in [-0.2, 0) is 13.2 Å². The van der Waals surface area contributed by atoms with Crippen molar-refractivity contribution in [2.24, 2.45) is 5.73 Å². The van der Waals surface area contributed by atoms with Crippen LogP contribution in [0.25, 0.3) is 5.69 Å². The molecule has 0 amide bonds. The summed E-state index contributed by atoms with van der Waals surface area (Å²) in [6.07, 6.45) is 1.54. The molecule has 15 heavy (non-hydrogen) atoms. The second-order valence-corrected chi connectivity index (χ2v) is 3.17. The molecule has 0 saturated heterocycles. The average Bonchev–Trinajstić information content (AvgIpc) is 2.77. The fourth-order valence-electron chi connectivity index (χ4n) is 1.40. The first kappa shape index (κ1) is 9.82. The Bertz CT molecular complexity index is 452. The highest BCUT2D eigenvalue weighted by atomic mass is 16.3. The Morgan fingerprint density at radius 3 is 3.00 bits per heavy atom. The number of hydrogen-bond acceptors (Lipinski definition) is 4. The zero-order chi connectivity index (χ0) is 10.7. The van der Waals surface area contributed by atoms with Crippen LogP contribution in [0, 0.1) is 0 Å². The second-order valence-electron chi connectivity index (χ2n) is 3.17. The van der Waals surface area contributed by atoms with Gasteiger partial charge in [-0.3, -0.25) is 0 Å². The van der Waals surface area contributed by atoms with Crippen LogP contribution in [0.15, 0.2) is 30.5 Å². The number of aromatic nitrogens is 3. The number of nitrogens with zero attached hydrogens (tertiary/aromatic N) is 3. The summed E-state index contributed by atoms with van der Waals surface area (Å²) in [5.74, 6) is 0. The van der Waals surface area contributed by atoms with Gasteiger partial charge in [0.1, 0.15) is 0 Å². The largest absolute Gasteiger partial charge is 0.390 e. The maximum atomic E-state index is 9.07. The van der Waals surface area contributed by atoms with E-state index in [0.717, 1.165) is 11.3 Å². The Morgan fingerprint density at radius 1 is 1.40 bits per heavy atom. The molecule has 1 aromatic heterocycles. The van der Waals surface area contributed by atoms with Crippen LogP contribution >= 0.6 is 0 Å². The predicted molar refractivity (Wildman–Crippen MR) is 55.2 cm³/mol. The van der Waals surface area contributed by atoms with Crippen molar-refractivity contribution in [3.05, 3.63) is 41.7 Å². The van der Waals surface area contributed by atoms with Gasteiger partial charge >= 0.3 is 0 Å². The molecule has 1 heterocycles. The third-order valence-corrected chi connectivity index (χ3v) is 2.17. The van der Waals surface area contributed by atoms with E-state index in [1.54, 1.807) is 4.68 Å². The summed E-state index contributed by atoms with van der Waals surface area (Å²) in [7, 11) is 0. The molecule has 0 fully saturated rings. The Morgan fingerprint density at radius 2 is 2.27 bits per heavy atom. The van der Waals surface area contributed by atoms with E-state index >= 15 is 0 Å². The average molecular weight is 204 g/mol. The highest BCUT2D eigenvalue weighted by Gasteiger charge is 2.04. The Hall–Kier alpha value is -1.72. The normalized spacial score (nSPS) is 10.5. The first-order valence-electron chi connectivity index (χ1n) is 4.65. The molecule has 5 heteroatoms. The van der Waals surface area contributed by atoms with Crippen molar-refractivity contribution in [2.45, 2.75) is 13.2 Å². The Balaban J connectivity index is 2.44. The molecule has 0 unspecified atom stereocenters. The molecule has 1 aromatic carbocycles. The third kappa shape index (κ3) is 1.88. The zero-order valence-electron chi connectivity index (χ0n) is 8.17. The quantitative estimate of drug-likeness (QED) is 0.749. The van der Waals surface area contributed by atoms with Crippen LogP contribution in [0.2, 0.25) is 0 Å². The monoisotopic (exact) mass is 204 g/mol. The lowest BCUT2D eigenvalue weighted by molar-refractivity contribution is 0.273. The molecule has 2 rings (SSSR count). The van der Waals surface area contributed by atoms with Gasteiger partial charge in [0.05, 0.1) is 24.2 Å². The van der Waals surface area contributed by atoms with Crippen LogP contribution < -0.4 is 5.73 Å². The summed E-state index contributed by atoms with van der Waals surface area (Å²) < 4.78 is 1.60. The van der Waals surface area contributed by atoms with E-state index in [0.29, 0.717) is 12.2 Å². The number of aliphatic hydroxyl groups excluding tert-OH is 1. The summed E-state index contributed by atoms with van der Waals surface area (Å²) in [4.78, 5) is 0. The molecule has 3 N–H and O–H groups in total. The smallest absolute Gasteiger partial charge is 0.0900 e. The third-order valence-electron chi connectivity index (χ3n) is 2.17. The molecular weight excluding hydrogens is 192 g/mol. The molecule has 0 bridgehead atoms. The number of nitrogens with two attached hydrogens (primary N) is 1. The van der Waals surface area contributed by atoms with Gasteiger partial charge in [0, 0.05) is 6.54 Å². The summed E-state index contributed by atoms with van der Waals surface area (Å²) >= 11 is 0. The molecule has 0 aliphatic carbocycles. The van der Waals surface area contributed by atoms with Crippen molar-refractivity contribution in [1.29, 1.82) is 0 Å². The van der Waals surface area contributed by atoms with Crippen LogP contribution in [0.5, 0.6) is 0 Å². The van der Waals surface area contributed by atoms with Gasteiger partial charge in [0.15, 0.2) is 0 Å². The van der Waals surface area contributed by atoms with E-state index in [2.05, 4.69) is 10.3 Å². The first-order chi connectivity index (χ1) is 7.35. The van der Waals surface area contributed by atoms with E-state index in [4.69, 9.17) is 10.8 Å². The van der Waals surface area contributed by atoms with Crippen LogP contribution in [-0.4, -0.2) is 20.1 Å². The SMILES string of the molecule is NCc1cccc(-n2nncc2CO)c1. The van der Waals surface area contributed by atoms with E-state index in [9.17, 15) is 0 Å². The Kier molecular flexibility index (Phi) is 2.75. The molecule has 78 valence electrons. The standard InChI is InChI=1S/C10H12N4O/c11-5-8-2-1-3-9(4-8)14-10(7-15)6-12-13-14/h1-4,6,15H,5,7,11H2. The van der Waals surface area contributed by atoms with Crippen molar-refractivity contribution >= 4 is 0 Å². The number of hydrogen-bond donors (Lipinski definition) is 2. The number of aliphatic hydroxyl groups is 1. The maximum Gasteiger partial charge on any atom is 0.0900 e. The molecule has 2 aromatic rings. The number of benzene rings is 1. The van der Waals surface area contributed by atoms with E-state index in [-0.39, 0.29) is 6.61 Å². The highest BCUT2D eigenvalue weighted by molar-refractivity contribution is 5.35. The van der Waals surface area contributed by atoms with Crippen molar-refractivity contribution in [3.63, 3.8) is 0 Å². The minimum absolute atomic E-state index is 0.0835. The lowest BCUT2D eigenvalue weighted by Gasteiger charge is -2.05. The fourth-order valence-corrected chi connectivity index (χ4v) is 1.40. The second kappa shape index (κ2) is 4.20. The Labute approximate surface area is 87.1 Å². The molecule has 0 spiro atoms. The minimum atomic E-state index is -0.0835. The zero-order valence-corrected chi connectivity index (χ0v) is 8.17. The lowest BCUT2D eigenvalue weighted by atomic mass is 10.2.